The van der Waals surface area contributed by atoms with Gasteiger partial charge in [0.25, 0.3) is 0 Å². The van der Waals surface area contributed by atoms with Crippen LogP contribution in [0.4, 0.5) is 5.69 Å². The summed E-state index contributed by atoms with van der Waals surface area (Å²) < 4.78 is 7.53. The number of aryl methyl sites for hydroxylation is 1. The van der Waals surface area contributed by atoms with Gasteiger partial charge in [-0.1, -0.05) is 0 Å². The molecular formula is C17H21N5O3. The number of nitrogens with zero attached hydrogens (tertiary/aromatic N) is 5. The molecule has 0 amide bonds. The minimum Gasteiger partial charge on any atom is -0.423 e. The zero-order valence-corrected chi connectivity index (χ0v) is 14.2. The quantitative estimate of drug-likeness (QED) is 0.625. The molecule has 4 aliphatic carbocycles. The number of hydrogen-bond donors (Lipinski definition) is 0. The van der Waals surface area contributed by atoms with E-state index < -0.39 is 4.92 Å². The fourth-order valence-electron chi connectivity index (χ4n) is 5.81. The lowest BCUT2D eigenvalue weighted by atomic mass is 9.49. The van der Waals surface area contributed by atoms with E-state index in [0.717, 1.165) is 23.6 Å². The molecule has 0 atom stereocenters. The van der Waals surface area contributed by atoms with Crippen molar-refractivity contribution in [2.75, 3.05) is 0 Å². The maximum absolute atomic E-state index is 11.0. The van der Waals surface area contributed by atoms with E-state index in [1.54, 1.807) is 6.92 Å². The first-order chi connectivity index (χ1) is 12.0. The van der Waals surface area contributed by atoms with Crippen molar-refractivity contribution in [2.45, 2.75) is 57.4 Å². The number of nitro groups is 1. The third-order valence-corrected chi connectivity index (χ3v) is 6.37. The van der Waals surface area contributed by atoms with Crippen LogP contribution in [0.5, 0.6) is 0 Å². The van der Waals surface area contributed by atoms with Gasteiger partial charge in [0.05, 0.1) is 4.92 Å². The molecular weight excluding hydrogens is 322 g/mol. The lowest BCUT2D eigenvalue weighted by Gasteiger charge is -2.55. The Morgan fingerprint density at radius 2 is 1.88 bits per heavy atom. The minimum atomic E-state index is -0.423. The van der Waals surface area contributed by atoms with Crippen molar-refractivity contribution in [2.24, 2.45) is 17.8 Å². The van der Waals surface area contributed by atoms with Crippen LogP contribution < -0.4 is 0 Å². The summed E-state index contributed by atoms with van der Waals surface area (Å²) in [5, 5.41) is 23.7. The fraction of sp³-hybridized carbons (Fsp3) is 0.706. The van der Waals surface area contributed by atoms with E-state index in [4.69, 9.17) is 4.42 Å². The van der Waals surface area contributed by atoms with Crippen molar-refractivity contribution in [3.63, 3.8) is 0 Å². The summed E-state index contributed by atoms with van der Waals surface area (Å²) in [6.07, 6.45) is 9.06. The number of aromatic nitrogens is 4. The summed E-state index contributed by atoms with van der Waals surface area (Å²) in [4.78, 5) is 10.5. The van der Waals surface area contributed by atoms with Crippen LogP contribution in [0, 0.1) is 34.8 Å². The third-order valence-electron chi connectivity index (χ3n) is 6.37. The second-order valence-corrected chi connectivity index (χ2v) is 8.25. The van der Waals surface area contributed by atoms with Crippen LogP contribution in [0.2, 0.25) is 0 Å². The molecule has 8 nitrogen and oxygen atoms in total. The van der Waals surface area contributed by atoms with Gasteiger partial charge in [0.15, 0.2) is 0 Å². The van der Waals surface area contributed by atoms with E-state index in [1.165, 1.54) is 49.4 Å². The van der Waals surface area contributed by atoms with Crippen LogP contribution in [0.1, 0.15) is 56.0 Å². The zero-order chi connectivity index (χ0) is 17.2. The number of rotatable bonds is 4. The van der Waals surface area contributed by atoms with Gasteiger partial charge in [0, 0.05) is 5.41 Å². The minimum absolute atomic E-state index is 0.0147. The Kier molecular flexibility index (Phi) is 3.08. The largest absolute Gasteiger partial charge is 0.423 e. The van der Waals surface area contributed by atoms with Gasteiger partial charge in [-0.3, -0.25) is 14.8 Å². The molecule has 4 bridgehead atoms. The number of hydrogen-bond acceptors (Lipinski definition) is 6. The lowest BCUT2D eigenvalue weighted by Crippen LogP contribution is -2.48. The van der Waals surface area contributed by atoms with Crippen LogP contribution >= 0.6 is 0 Å². The Hall–Kier alpha value is -2.25. The van der Waals surface area contributed by atoms with Crippen LogP contribution in [-0.2, 0) is 12.0 Å². The first-order valence-electron chi connectivity index (χ1n) is 9.02. The van der Waals surface area contributed by atoms with Crippen molar-refractivity contribution < 1.29 is 9.34 Å². The van der Waals surface area contributed by atoms with E-state index in [1.807, 2.05) is 0 Å². The summed E-state index contributed by atoms with van der Waals surface area (Å²) >= 11 is 0. The summed E-state index contributed by atoms with van der Waals surface area (Å²) in [7, 11) is 0. The SMILES string of the molecule is Cc1nn(Cc2nnc(C34CC5CC(CC(C5)C3)C4)o2)cc1[N+](=O)[O-]. The van der Waals surface area contributed by atoms with Gasteiger partial charge in [-0.05, 0) is 63.2 Å². The van der Waals surface area contributed by atoms with Gasteiger partial charge in [-0.15, -0.1) is 10.2 Å². The highest BCUT2D eigenvalue weighted by Gasteiger charge is 2.54. The highest BCUT2D eigenvalue weighted by molar-refractivity contribution is 5.31. The standard InChI is InChI=1S/C17H21N5O3/c1-10-14(22(23)24)8-21(20-10)9-15-18-19-16(25-15)17-5-11-2-12(6-17)4-13(3-11)7-17/h8,11-13H,2-7,9H2,1H3. The molecule has 8 heteroatoms. The molecule has 0 spiro atoms. The topological polar surface area (TPSA) is 99.9 Å². The van der Waals surface area contributed by atoms with Gasteiger partial charge in [0.1, 0.15) is 18.4 Å². The first-order valence-corrected chi connectivity index (χ1v) is 9.02. The molecule has 0 unspecified atom stereocenters. The average molecular weight is 343 g/mol. The summed E-state index contributed by atoms with van der Waals surface area (Å²) in [6.45, 7) is 1.90. The van der Waals surface area contributed by atoms with Crippen molar-refractivity contribution >= 4 is 5.69 Å². The van der Waals surface area contributed by atoms with Crippen molar-refractivity contribution in [1.82, 2.24) is 20.0 Å². The molecule has 4 aliphatic rings. The molecule has 4 fully saturated rings. The Morgan fingerprint density at radius 3 is 2.44 bits per heavy atom. The maximum Gasteiger partial charge on any atom is 0.309 e. The predicted molar refractivity (Wildman–Crippen MR) is 86.9 cm³/mol. The Balaban J connectivity index is 1.39. The monoisotopic (exact) mass is 343 g/mol. The molecule has 0 aliphatic heterocycles. The predicted octanol–water partition coefficient (Wildman–Crippen LogP) is 3.00. The second-order valence-electron chi connectivity index (χ2n) is 8.25. The highest BCUT2D eigenvalue weighted by Crippen LogP contribution is 2.60. The average Bonchev–Trinajstić information content (AvgIpc) is 3.13. The smallest absolute Gasteiger partial charge is 0.309 e. The molecule has 0 N–H and O–H groups in total. The van der Waals surface area contributed by atoms with Crippen molar-refractivity contribution in [3.05, 3.63) is 33.8 Å². The normalized spacial score (nSPS) is 33.1. The molecule has 2 heterocycles. The van der Waals surface area contributed by atoms with E-state index in [9.17, 15) is 10.1 Å². The molecule has 25 heavy (non-hydrogen) atoms. The fourth-order valence-corrected chi connectivity index (χ4v) is 5.81. The Morgan fingerprint density at radius 1 is 1.24 bits per heavy atom. The molecule has 6 rings (SSSR count). The first kappa shape index (κ1) is 15.0. The highest BCUT2D eigenvalue weighted by atomic mass is 16.6. The van der Waals surface area contributed by atoms with Crippen LogP contribution in [0.3, 0.4) is 0 Å². The van der Waals surface area contributed by atoms with E-state index >= 15 is 0 Å². The molecule has 0 radical (unpaired) electrons. The van der Waals surface area contributed by atoms with Gasteiger partial charge < -0.3 is 4.42 Å². The molecule has 132 valence electrons. The third kappa shape index (κ3) is 2.38. The van der Waals surface area contributed by atoms with Crippen LogP contribution in [0.15, 0.2) is 10.6 Å². The van der Waals surface area contributed by atoms with E-state index in [-0.39, 0.29) is 17.6 Å². The molecule has 2 aromatic rings. The molecule has 4 saturated carbocycles. The Labute approximate surface area is 144 Å². The van der Waals surface area contributed by atoms with Crippen LogP contribution in [0.25, 0.3) is 0 Å². The molecule has 2 aromatic heterocycles. The zero-order valence-electron chi connectivity index (χ0n) is 14.2. The summed E-state index contributed by atoms with van der Waals surface area (Å²) in [5.74, 6) is 3.71. The van der Waals surface area contributed by atoms with Crippen molar-refractivity contribution in [3.8, 4) is 0 Å². The lowest BCUT2D eigenvalue weighted by molar-refractivity contribution is -0.385. The molecule has 0 aromatic carbocycles. The van der Waals surface area contributed by atoms with Gasteiger partial charge in [-0.25, -0.2) is 0 Å². The van der Waals surface area contributed by atoms with Crippen molar-refractivity contribution in [1.29, 1.82) is 0 Å². The maximum atomic E-state index is 11.0. The molecule has 0 saturated heterocycles. The van der Waals surface area contributed by atoms with E-state index in [2.05, 4.69) is 15.3 Å². The summed E-state index contributed by atoms with van der Waals surface area (Å²) in [6, 6.07) is 0. The van der Waals surface area contributed by atoms with Crippen LogP contribution in [-0.4, -0.2) is 24.9 Å². The van der Waals surface area contributed by atoms with Gasteiger partial charge >= 0.3 is 5.69 Å². The Bertz CT molecular complexity index is 804. The summed E-state index contributed by atoms with van der Waals surface area (Å²) in [5.41, 5.74) is 0.484. The van der Waals surface area contributed by atoms with Gasteiger partial charge in [0.2, 0.25) is 11.8 Å². The second kappa shape index (κ2) is 5.12. The van der Waals surface area contributed by atoms with E-state index in [0.29, 0.717) is 11.6 Å². The van der Waals surface area contributed by atoms with Gasteiger partial charge in [-0.2, -0.15) is 5.10 Å².